The number of thioether (sulfide) groups is 1. The highest BCUT2D eigenvalue weighted by atomic mass is 79.9. The first-order chi connectivity index (χ1) is 16.2. The number of ketones is 1. The van der Waals surface area contributed by atoms with Crippen LogP contribution in [0.5, 0.6) is 5.75 Å². The molecule has 1 aliphatic heterocycles. The number of rotatable bonds is 8. The molecule has 1 N–H and O–H groups in total. The van der Waals surface area contributed by atoms with Gasteiger partial charge in [0.25, 0.3) is 0 Å². The van der Waals surface area contributed by atoms with Gasteiger partial charge < -0.3 is 19.5 Å². The van der Waals surface area contributed by atoms with E-state index in [9.17, 15) is 14.4 Å². The van der Waals surface area contributed by atoms with Gasteiger partial charge in [-0.3, -0.25) is 9.59 Å². The fourth-order valence-electron chi connectivity index (χ4n) is 4.56. The zero-order valence-electron chi connectivity index (χ0n) is 20.0. The number of allylic oxidation sites excluding steroid dienone is 3. The molecule has 2 aliphatic rings. The molecule has 0 saturated carbocycles. The van der Waals surface area contributed by atoms with E-state index in [-0.39, 0.29) is 18.3 Å². The van der Waals surface area contributed by atoms with Crippen molar-refractivity contribution in [2.24, 2.45) is 11.8 Å². The lowest BCUT2D eigenvalue weighted by Crippen LogP contribution is -2.43. The molecule has 0 amide bonds. The second-order valence-electron chi connectivity index (χ2n) is 8.26. The van der Waals surface area contributed by atoms with Gasteiger partial charge in [0.05, 0.1) is 24.3 Å². The van der Waals surface area contributed by atoms with Crippen molar-refractivity contribution in [3.63, 3.8) is 0 Å². The molecule has 1 heterocycles. The van der Waals surface area contributed by atoms with Crippen LogP contribution in [0, 0.1) is 11.8 Å². The van der Waals surface area contributed by atoms with Crippen molar-refractivity contribution in [1.29, 1.82) is 0 Å². The number of carbonyl (C=O) groups excluding carboxylic acids is 3. The van der Waals surface area contributed by atoms with Gasteiger partial charge in [0.2, 0.25) is 0 Å². The minimum Gasteiger partial charge on any atom is -0.496 e. The Morgan fingerprint density at radius 1 is 1.26 bits per heavy atom. The number of dihydropyridines is 1. The fraction of sp³-hybridized carbons (Fsp3) is 0.480. The van der Waals surface area contributed by atoms with Crippen LogP contribution in [0.1, 0.15) is 38.7 Å². The maximum atomic E-state index is 13.7. The molecule has 0 bridgehead atoms. The molecule has 0 aromatic heterocycles. The van der Waals surface area contributed by atoms with Crippen LogP contribution in [-0.4, -0.2) is 50.1 Å². The Labute approximate surface area is 212 Å². The largest absolute Gasteiger partial charge is 0.496 e. The zero-order chi connectivity index (χ0) is 25.0. The predicted octanol–water partition coefficient (Wildman–Crippen LogP) is 4.37. The van der Waals surface area contributed by atoms with Crippen molar-refractivity contribution >= 4 is 45.4 Å². The number of nitrogens with one attached hydrogen (secondary N) is 1. The van der Waals surface area contributed by atoms with Crippen molar-refractivity contribution in [3.8, 4) is 5.75 Å². The van der Waals surface area contributed by atoms with Crippen molar-refractivity contribution < 1.29 is 28.6 Å². The standard InChI is InChI=1S/C25H30BrNO6S/c1-6-34-10-9-33-25(30)20-14(3)27-17-11-13(2)19(24(29)32-5)23(28)22(17)21(20)15-7-8-18(31-4)16(26)12-15/h7-8,12-13,19,21,27H,6,9-11H2,1-5H3/t13-,19+,21+/m1/s1. The van der Waals surface area contributed by atoms with Crippen LogP contribution >= 0.6 is 27.7 Å². The van der Waals surface area contributed by atoms with E-state index in [1.807, 2.05) is 32.9 Å². The summed E-state index contributed by atoms with van der Waals surface area (Å²) in [6.45, 7) is 5.99. The molecule has 1 aromatic rings. The van der Waals surface area contributed by atoms with Crippen LogP contribution in [0.15, 0.2) is 45.2 Å². The highest BCUT2D eigenvalue weighted by molar-refractivity contribution is 9.10. The maximum Gasteiger partial charge on any atom is 0.336 e. The first-order valence-corrected chi connectivity index (χ1v) is 13.1. The third kappa shape index (κ3) is 5.20. The Bertz CT molecular complexity index is 1050. The third-order valence-corrected chi connectivity index (χ3v) is 7.62. The van der Waals surface area contributed by atoms with Crippen LogP contribution < -0.4 is 10.1 Å². The van der Waals surface area contributed by atoms with Crippen molar-refractivity contribution in [2.45, 2.75) is 33.1 Å². The predicted molar refractivity (Wildman–Crippen MR) is 135 cm³/mol. The Kier molecular flexibility index (Phi) is 8.87. The molecule has 184 valence electrons. The van der Waals surface area contributed by atoms with E-state index in [4.69, 9.17) is 14.2 Å². The Hall–Kier alpha value is -2.26. The quantitative estimate of drug-likeness (QED) is 0.289. The van der Waals surface area contributed by atoms with Gasteiger partial charge in [-0.15, -0.1) is 0 Å². The number of Topliss-reactive ketones (excluding diaryl/α,β-unsaturated/α-hetero) is 1. The average Bonchev–Trinajstić information content (AvgIpc) is 2.80. The summed E-state index contributed by atoms with van der Waals surface area (Å²) < 4.78 is 16.6. The summed E-state index contributed by atoms with van der Waals surface area (Å²) in [7, 11) is 2.85. The highest BCUT2D eigenvalue weighted by Crippen LogP contribution is 2.46. The summed E-state index contributed by atoms with van der Waals surface area (Å²) in [6, 6.07) is 5.45. The summed E-state index contributed by atoms with van der Waals surface area (Å²) in [6.07, 6.45) is 0.488. The molecular formula is C25H30BrNO6S. The van der Waals surface area contributed by atoms with Crippen LogP contribution in [-0.2, 0) is 23.9 Å². The number of halogens is 1. The first kappa shape index (κ1) is 26.3. The van der Waals surface area contributed by atoms with Gasteiger partial charge in [-0.1, -0.05) is 19.9 Å². The van der Waals surface area contributed by atoms with E-state index in [2.05, 4.69) is 21.2 Å². The maximum absolute atomic E-state index is 13.7. The molecule has 0 unspecified atom stereocenters. The van der Waals surface area contributed by atoms with Crippen LogP contribution in [0.2, 0.25) is 0 Å². The SMILES string of the molecule is CCSCCOC(=O)C1=C(C)NC2=C(C(=O)[C@@H](C(=O)OC)[C@H](C)C2)[C@H]1c1ccc(OC)c(Br)c1. The lowest BCUT2D eigenvalue weighted by atomic mass is 9.69. The van der Waals surface area contributed by atoms with Crippen molar-refractivity contribution in [1.82, 2.24) is 5.32 Å². The number of esters is 2. The van der Waals surface area contributed by atoms with Crippen LogP contribution in [0.25, 0.3) is 0 Å². The van der Waals surface area contributed by atoms with E-state index in [0.717, 1.165) is 17.0 Å². The lowest BCUT2D eigenvalue weighted by Gasteiger charge is -2.38. The van der Waals surface area contributed by atoms with E-state index < -0.39 is 23.8 Å². The molecule has 3 atom stereocenters. The molecule has 34 heavy (non-hydrogen) atoms. The molecule has 0 spiro atoms. The summed E-state index contributed by atoms with van der Waals surface area (Å²) in [4.78, 5) is 39.5. The van der Waals surface area contributed by atoms with Gasteiger partial charge in [0, 0.05) is 28.6 Å². The normalized spacial score (nSPS) is 22.2. The summed E-state index contributed by atoms with van der Waals surface area (Å²) in [5.74, 6) is -0.965. The van der Waals surface area contributed by atoms with Crippen molar-refractivity contribution in [3.05, 3.63) is 50.8 Å². The summed E-state index contributed by atoms with van der Waals surface area (Å²) in [5, 5.41) is 3.27. The Balaban J connectivity index is 2.11. The molecule has 0 fully saturated rings. The molecule has 0 radical (unpaired) electrons. The molecule has 1 aliphatic carbocycles. The van der Waals surface area contributed by atoms with Crippen LogP contribution in [0.3, 0.4) is 0 Å². The molecule has 0 saturated heterocycles. The minimum absolute atomic E-state index is 0.234. The van der Waals surface area contributed by atoms with Crippen molar-refractivity contribution in [2.75, 3.05) is 32.3 Å². The van der Waals surface area contributed by atoms with Gasteiger partial charge in [0.1, 0.15) is 18.3 Å². The number of methoxy groups -OCH3 is 2. The van der Waals surface area contributed by atoms with Gasteiger partial charge in [0.15, 0.2) is 5.78 Å². The van der Waals surface area contributed by atoms with Gasteiger partial charge in [-0.25, -0.2) is 4.79 Å². The lowest BCUT2D eigenvalue weighted by molar-refractivity contribution is -0.151. The molecule has 3 rings (SSSR count). The number of ether oxygens (including phenoxy) is 3. The van der Waals surface area contributed by atoms with E-state index in [1.54, 1.807) is 24.9 Å². The van der Waals surface area contributed by atoms with E-state index >= 15 is 0 Å². The summed E-state index contributed by atoms with van der Waals surface area (Å²) in [5.41, 5.74) is 2.86. The smallest absolute Gasteiger partial charge is 0.336 e. The molecule has 7 nitrogen and oxygen atoms in total. The number of carbonyl (C=O) groups is 3. The Morgan fingerprint density at radius 2 is 2.00 bits per heavy atom. The fourth-order valence-corrected chi connectivity index (χ4v) is 5.61. The summed E-state index contributed by atoms with van der Waals surface area (Å²) >= 11 is 5.20. The van der Waals surface area contributed by atoms with E-state index in [1.165, 1.54) is 7.11 Å². The number of hydrogen-bond acceptors (Lipinski definition) is 8. The van der Waals surface area contributed by atoms with Gasteiger partial charge in [-0.05, 0) is 58.6 Å². The van der Waals surface area contributed by atoms with Gasteiger partial charge in [-0.2, -0.15) is 11.8 Å². The monoisotopic (exact) mass is 551 g/mol. The van der Waals surface area contributed by atoms with Gasteiger partial charge >= 0.3 is 11.9 Å². The molecular weight excluding hydrogens is 522 g/mol. The zero-order valence-corrected chi connectivity index (χ0v) is 22.4. The van der Waals surface area contributed by atoms with E-state index in [0.29, 0.717) is 39.2 Å². The number of hydrogen-bond donors (Lipinski definition) is 1. The molecule has 9 heteroatoms. The third-order valence-electron chi connectivity index (χ3n) is 6.14. The average molecular weight is 552 g/mol. The highest BCUT2D eigenvalue weighted by Gasteiger charge is 2.47. The van der Waals surface area contributed by atoms with Crippen LogP contribution in [0.4, 0.5) is 0 Å². The second-order valence-corrected chi connectivity index (χ2v) is 10.5. The first-order valence-electron chi connectivity index (χ1n) is 11.2. The second kappa shape index (κ2) is 11.4. The topological polar surface area (TPSA) is 90.9 Å². The minimum atomic E-state index is -0.925. The Morgan fingerprint density at radius 3 is 2.62 bits per heavy atom. The number of benzene rings is 1. The molecule has 1 aromatic carbocycles.